The SMILES string of the molecule is CCN(CC(=O)NC(C)(C)C)Cc1cc(C)cc(C)c1. The van der Waals surface area contributed by atoms with Crippen LogP contribution in [0.3, 0.4) is 0 Å². The first-order valence-electron chi connectivity index (χ1n) is 7.30. The minimum absolute atomic E-state index is 0.0868. The molecule has 0 fully saturated rings. The zero-order valence-corrected chi connectivity index (χ0v) is 13.7. The van der Waals surface area contributed by atoms with E-state index in [4.69, 9.17) is 0 Å². The van der Waals surface area contributed by atoms with E-state index in [-0.39, 0.29) is 11.4 Å². The van der Waals surface area contributed by atoms with Crippen LogP contribution in [-0.4, -0.2) is 29.4 Å². The zero-order chi connectivity index (χ0) is 15.3. The summed E-state index contributed by atoms with van der Waals surface area (Å²) >= 11 is 0. The van der Waals surface area contributed by atoms with Gasteiger partial charge in [-0.25, -0.2) is 0 Å². The molecule has 0 aliphatic rings. The minimum Gasteiger partial charge on any atom is -0.350 e. The van der Waals surface area contributed by atoms with Gasteiger partial charge in [0.2, 0.25) is 5.91 Å². The molecule has 0 unspecified atom stereocenters. The van der Waals surface area contributed by atoms with Crippen molar-refractivity contribution in [3.8, 4) is 0 Å². The third kappa shape index (κ3) is 6.20. The molecule has 1 amide bonds. The zero-order valence-electron chi connectivity index (χ0n) is 13.7. The van der Waals surface area contributed by atoms with Crippen molar-refractivity contribution in [2.75, 3.05) is 13.1 Å². The highest BCUT2D eigenvalue weighted by atomic mass is 16.2. The van der Waals surface area contributed by atoms with Gasteiger partial charge in [0.15, 0.2) is 0 Å². The summed E-state index contributed by atoms with van der Waals surface area (Å²) in [6, 6.07) is 6.56. The summed E-state index contributed by atoms with van der Waals surface area (Å²) in [6.45, 7) is 14.5. The van der Waals surface area contributed by atoms with Gasteiger partial charge in [-0.3, -0.25) is 9.69 Å². The monoisotopic (exact) mass is 276 g/mol. The number of rotatable bonds is 5. The van der Waals surface area contributed by atoms with Crippen LogP contribution in [0.2, 0.25) is 0 Å². The molecule has 1 aromatic rings. The molecule has 0 radical (unpaired) electrons. The van der Waals surface area contributed by atoms with Gasteiger partial charge >= 0.3 is 0 Å². The van der Waals surface area contributed by atoms with E-state index in [2.05, 4.69) is 49.2 Å². The van der Waals surface area contributed by atoms with Crippen molar-refractivity contribution in [2.24, 2.45) is 0 Å². The highest BCUT2D eigenvalue weighted by Crippen LogP contribution is 2.11. The number of hydrogen-bond donors (Lipinski definition) is 1. The van der Waals surface area contributed by atoms with Gasteiger partial charge in [0.25, 0.3) is 0 Å². The van der Waals surface area contributed by atoms with Crippen LogP contribution >= 0.6 is 0 Å². The molecule has 0 aliphatic carbocycles. The number of amides is 1. The van der Waals surface area contributed by atoms with Crippen molar-refractivity contribution in [1.29, 1.82) is 0 Å². The first-order valence-corrected chi connectivity index (χ1v) is 7.30. The molecule has 0 aliphatic heterocycles. The van der Waals surface area contributed by atoms with Crippen LogP contribution in [0, 0.1) is 13.8 Å². The lowest BCUT2D eigenvalue weighted by molar-refractivity contribution is -0.123. The molecule has 0 saturated carbocycles. The van der Waals surface area contributed by atoms with Crippen molar-refractivity contribution >= 4 is 5.91 Å². The molecule has 3 heteroatoms. The Labute approximate surface area is 123 Å². The Morgan fingerprint density at radius 1 is 1.15 bits per heavy atom. The van der Waals surface area contributed by atoms with Crippen molar-refractivity contribution in [1.82, 2.24) is 10.2 Å². The molecule has 0 spiro atoms. The van der Waals surface area contributed by atoms with Crippen LogP contribution in [0.1, 0.15) is 44.4 Å². The molecule has 0 aromatic heterocycles. The van der Waals surface area contributed by atoms with E-state index in [1.54, 1.807) is 0 Å². The number of nitrogens with zero attached hydrogens (tertiary/aromatic N) is 1. The van der Waals surface area contributed by atoms with E-state index in [9.17, 15) is 4.79 Å². The van der Waals surface area contributed by atoms with Crippen LogP contribution < -0.4 is 5.32 Å². The summed E-state index contributed by atoms with van der Waals surface area (Å²) in [5.41, 5.74) is 3.65. The van der Waals surface area contributed by atoms with Gasteiger partial charge in [0, 0.05) is 12.1 Å². The lowest BCUT2D eigenvalue weighted by Crippen LogP contribution is -2.45. The van der Waals surface area contributed by atoms with Crippen molar-refractivity contribution in [3.05, 3.63) is 34.9 Å². The normalized spacial score (nSPS) is 11.8. The predicted octanol–water partition coefficient (Wildman–Crippen LogP) is 3.04. The third-order valence-corrected chi connectivity index (χ3v) is 3.02. The van der Waals surface area contributed by atoms with Gasteiger partial charge < -0.3 is 5.32 Å². The Morgan fingerprint density at radius 2 is 1.70 bits per heavy atom. The highest BCUT2D eigenvalue weighted by Gasteiger charge is 2.16. The van der Waals surface area contributed by atoms with Crippen molar-refractivity contribution < 1.29 is 4.79 Å². The number of carbonyl (C=O) groups is 1. The Bertz CT molecular complexity index is 440. The molecule has 0 bridgehead atoms. The molecule has 1 N–H and O–H groups in total. The van der Waals surface area contributed by atoms with Crippen LogP contribution in [0.25, 0.3) is 0 Å². The average molecular weight is 276 g/mol. The van der Waals surface area contributed by atoms with E-state index >= 15 is 0 Å². The highest BCUT2D eigenvalue weighted by molar-refractivity contribution is 5.78. The molecule has 20 heavy (non-hydrogen) atoms. The van der Waals surface area contributed by atoms with Crippen LogP contribution in [0.5, 0.6) is 0 Å². The second-order valence-electron chi connectivity index (χ2n) is 6.60. The quantitative estimate of drug-likeness (QED) is 0.896. The number of carbonyl (C=O) groups excluding carboxylic acids is 1. The second-order valence-corrected chi connectivity index (χ2v) is 6.60. The molecule has 0 atom stereocenters. The fourth-order valence-electron chi connectivity index (χ4n) is 2.36. The van der Waals surface area contributed by atoms with Crippen molar-refractivity contribution in [2.45, 2.75) is 53.6 Å². The molecular formula is C17H28N2O. The first-order chi connectivity index (χ1) is 9.19. The smallest absolute Gasteiger partial charge is 0.234 e. The Balaban J connectivity index is 2.65. The average Bonchev–Trinajstić information content (AvgIpc) is 2.23. The molecule has 1 aromatic carbocycles. The summed E-state index contributed by atoms with van der Waals surface area (Å²) in [6.07, 6.45) is 0. The maximum absolute atomic E-state index is 12.0. The van der Waals surface area contributed by atoms with Crippen LogP contribution in [0.15, 0.2) is 18.2 Å². The number of likely N-dealkylation sites (N-methyl/N-ethyl adjacent to an activating group) is 1. The molecule has 0 saturated heterocycles. The summed E-state index contributed by atoms with van der Waals surface area (Å²) < 4.78 is 0. The van der Waals surface area contributed by atoms with Crippen LogP contribution in [0.4, 0.5) is 0 Å². The molecule has 0 heterocycles. The van der Waals surface area contributed by atoms with E-state index in [1.807, 2.05) is 20.8 Å². The summed E-state index contributed by atoms with van der Waals surface area (Å²) in [4.78, 5) is 14.2. The molecular weight excluding hydrogens is 248 g/mol. The molecule has 3 nitrogen and oxygen atoms in total. The summed E-state index contributed by atoms with van der Waals surface area (Å²) in [5, 5.41) is 3.01. The van der Waals surface area contributed by atoms with Gasteiger partial charge in [-0.2, -0.15) is 0 Å². The van der Waals surface area contributed by atoms with Gasteiger partial charge in [-0.05, 0) is 46.7 Å². The third-order valence-electron chi connectivity index (χ3n) is 3.02. The Morgan fingerprint density at radius 3 is 2.15 bits per heavy atom. The second kappa shape index (κ2) is 6.89. The van der Waals surface area contributed by atoms with E-state index in [0.717, 1.165) is 13.1 Å². The first kappa shape index (κ1) is 16.7. The molecule has 112 valence electrons. The Hall–Kier alpha value is -1.35. The fraction of sp³-hybridized carbons (Fsp3) is 0.588. The number of hydrogen-bond acceptors (Lipinski definition) is 2. The molecule has 1 rings (SSSR count). The predicted molar refractivity (Wildman–Crippen MR) is 84.8 cm³/mol. The lowest BCUT2D eigenvalue weighted by atomic mass is 10.1. The largest absolute Gasteiger partial charge is 0.350 e. The van der Waals surface area contributed by atoms with Gasteiger partial charge in [-0.1, -0.05) is 36.2 Å². The number of benzene rings is 1. The van der Waals surface area contributed by atoms with E-state index in [1.165, 1.54) is 16.7 Å². The number of aryl methyl sites for hydroxylation is 2. The lowest BCUT2D eigenvalue weighted by Gasteiger charge is -2.25. The van der Waals surface area contributed by atoms with E-state index in [0.29, 0.717) is 6.54 Å². The summed E-state index contributed by atoms with van der Waals surface area (Å²) in [7, 11) is 0. The minimum atomic E-state index is -0.170. The standard InChI is InChI=1S/C17H28N2O/c1-7-19(12-16(20)18-17(4,5)6)11-15-9-13(2)8-14(3)10-15/h8-10H,7,11-12H2,1-6H3,(H,18,20). The summed E-state index contributed by atoms with van der Waals surface area (Å²) in [5.74, 6) is 0.0868. The topological polar surface area (TPSA) is 32.3 Å². The van der Waals surface area contributed by atoms with E-state index < -0.39 is 0 Å². The van der Waals surface area contributed by atoms with Gasteiger partial charge in [0.05, 0.1) is 6.54 Å². The maximum atomic E-state index is 12.0. The fourth-order valence-corrected chi connectivity index (χ4v) is 2.36. The number of nitrogens with one attached hydrogen (secondary N) is 1. The van der Waals surface area contributed by atoms with Crippen LogP contribution in [-0.2, 0) is 11.3 Å². The van der Waals surface area contributed by atoms with Gasteiger partial charge in [0.1, 0.15) is 0 Å². The Kier molecular flexibility index (Phi) is 5.75. The van der Waals surface area contributed by atoms with Crippen molar-refractivity contribution in [3.63, 3.8) is 0 Å². The maximum Gasteiger partial charge on any atom is 0.234 e. The van der Waals surface area contributed by atoms with Gasteiger partial charge in [-0.15, -0.1) is 0 Å².